The first-order valence-electron chi connectivity index (χ1n) is 5.65. The van der Waals surface area contributed by atoms with Crippen LogP contribution in [0.2, 0.25) is 0 Å². The molecule has 0 aliphatic rings. The number of thioether (sulfide) groups is 1. The van der Waals surface area contributed by atoms with E-state index in [2.05, 4.69) is 10.1 Å². The van der Waals surface area contributed by atoms with Gasteiger partial charge in [-0.25, -0.2) is 0 Å². The fourth-order valence-corrected chi connectivity index (χ4v) is 1.79. The summed E-state index contributed by atoms with van der Waals surface area (Å²) in [6, 6.07) is 5.51. The van der Waals surface area contributed by atoms with Gasteiger partial charge in [0.1, 0.15) is 5.75 Å². The minimum Gasteiger partial charge on any atom is -0.484 e. The van der Waals surface area contributed by atoms with Gasteiger partial charge in [-0.15, -0.1) is 11.8 Å². The first-order valence-corrected chi connectivity index (χ1v) is 6.81. The summed E-state index contributed by atoms with van der Waals surface area (Å²) >= 11 is 0.915. The number of ether oxygens (including phenoxy) is 1. The number of amides is 1. The van der Waals surface area contributed by atoms with Crippen molar-refractivity contribution < 1.29 is 32.6 Å². The Morgan fingerprint density at radius 2 is 2.00 bits per heavy atom. The summed E-state index contributed by atoms with van der Waals surface area (Å²) in [6.07, 6.45) is -4.44. The standard InChI is InChI=1S/C12H12F3NO4S/c13-12(14,15)7-20-9-3-1-2-8(4-9)16-10(17)5-21-6-11(18)19/h1-4H,5-7H2,(H,16,17)(H,18,19). The largest absolute Gasteiger partial charge is 0.484 e. The molecule has 0 spiro atoms. The summed E-state index contributed by atoms with van der Waals surface area (Å²) in [6.45, 7) is -1.42. The van der Waals surface area contributed by atoms with Crippen LogP contribution < -0.4 is 10.1 Å². The third kappa shape index (κ3) is 8.08. The predicted octanol–water partition coefficient (Wildman–Crippen LogP) is 2.38. The van der Waals surface area contributed by atoms with Gasteiger partial charge in [-0.3, -0.25) is 9.59 Å². The number of aliphatic carboxylic acids is 1. The van der Waals surface area contributed by atoms with Crippen LogP contribution in [0.5, 0.6) is 5.75 Å². The van der Waals surface area contributed by atoms with E-state index in [-0.39, 0.29) is 22.9 Å². The minimum atomic E-state index is -4.44. The number of hydrogen-bond donors (Lipinski definition) is 2. The van der Waals surface area contributed by atoms with Crippen molar-refractivity contribution in [1.82, 2.24) is 0 Å². The number of benzene rings is 1. The molecule has 0 fully saturated rings. The third-order valence-electron chi connectivity index (χ3n) is 1.98. The highest BCUT2D eigenvalue weighted by Crippen LogP contribution is 2.21. The molecule has 9 heteroatoms. The average Bonchev–Trinajstić information content (AvgIpc) is 2.35. The summed E-state index contributed by atoms with van der Waals surface area (Å²) in [4.78, 5) is 21.8. The second-order valence-electron chi connectivity index (χ2n) is 3.87. The van der Waals surface area contributed by atoms with E-state index in [4.69, 9.17) is 5.11 Å². The number of anilines is 1. The van der Waals surface area contributed by atoms with Crippen molar-refractivity contribution in [2.45, 2.75) is 6.18 Å². The number of nitrogens with one attached hydrogen (secondary N) is 1. The molecule has 0 aliphatic carbocycles. The Morgan fingerprint density at radius 1 is 1.29 bits per heavy atom. The zero-order chi connectivity index (χ0) is 15.9. The lowest BCUT2D eigenvalue weighted by Crippen LogP contribution is -2.19. The van der Waals surface area contributed by atoms with Gasteiger partial charge >= 0.3 is 12.1 Å². The van der Waals surface area contributed by atoms with Crippen LogP contribution in [0.15, 0.2) is 24.3 Å². The molecular weight excluding hydrogens is 311 g/mol. The first kappa shape index (κ1) is 17.2. The van der Waals surface area contributed by atoms with Crippen LogP contribution in [0.1, 0.15) is 0 Å². The summed E-state index contributed by atoms with van der Waals surface area (Å²) in [5, 5.41) is 10.9. The van der Waals surface area contributed by atoms with Crippen molar-refractivity contribution in [2.24, 2.45) is 0 Å². The lowest BCUT2D eigenvalue weighted by Gasteiger charge is -2.10. The van der Waals surface area contributed by atoms with Crippen molar-refractivity contribution in [3.8, 4) is 5.75 Å². The zero-order valence-corrected chi connectivity index (χ0v) is 11.5. The lowest BCUT2D eigenvalue weighted by molar-refractivity contribution is -0.153. The van der Waals surface area contributed by atoms with Gasteiger partial charge < -0.3 is 15.2 Å². The van der Waals surface area contributed by atoms with Gasteiger partial charge in [-0.05, 0) is 12.1 Å². The number of carbonyl (C=O) groups excluding carboxylic acids is 1. The Morgan fingerprint density at radius 3 is 2.62 bits per heavy atom. The first-order chi connectivity index (χ1) is 9.76. The van der Waals surface area contributed by atoms with E-state index in [0.717, 1.165) is 11.8 Å². The van der Waals surface area contributed by atoms with Crippen molar-refractivity contribution in [1.29, 1.82) is 0 Å². The number of carboxylic acids is 1. The molecular formula is C12H12F3NO4S. The summed E-state index contributed by atoms with van der Waals surface area (Å²) in [7, 11) is 0. The molecule has 1 aromatic carbocycles. The molecule has 21 heavy (non-hydrogen) atoms. The summed E-state index contributed by atoms with van der Waals surface area (Å²) < 4.78 is 40.6. The Labute approximate surface area is 122 Å². The molecule has 1 amide bonds. The molecule has 0 saturated heterocycles. The summed E-state index contributed by atoms with van der Waals surface area (Å²) in [5.74, 6) is -1.78. The van der Waals surface area contributed by atoms with Gasteiger partial charge in [0.15, 0.2) is 6.61 Å². The molecule has 5 nitrogen and oxygen atoms in total. The van der Waals surface area contributed by atoms with Crippen LogP contribution >= 0.6 is 11.8 Å². The van der Waals surface area contributed by atoms with Gasteiger partial charge in [0.05, 0.1) is 11.5 Å². The van der Waals surface area contributed by atoms with Crippen molar-refractivity contribution in [3.63, 3.8) is 0 Å². The SMILES string of the molecule is O=C(O)CSCC(=O)Nc1cccc(OCC(F)(F)F)c1. The topological polar surface area (TPSA) is 75.6 Å². The summed E-state index contributed by atoms with van der Waals surface area (Å²) in [5.41, 5.74) is 0.274. The normalized spacial score (nSPS) is 11.0. The number of carbonyl (C=O) groups is 2. The van der Waals surface area contributed by atoms with E-state index < -0.39 is 24.7 Å². The van der Waals surface area contributed by atoms with E-state index in [9.17, 15) is 22.8 Å². The van der Waals surface area contributed by atoms with Crippen LogP contribution in [-0.4, -0.2) is 41.3 Å². The van der Waals surface area contributed by atoms with Gasteiger partial charge in [0, 0.05) is 11.8 Å². The average molecular weight is 323 g/mol. The second-order valence-corrected chi connectivity index (χ2v) is 4.85. The molecule has 0 heterocycles. The van der Waals surface area contributed by atoms with Crippen LogP contribution in [-0.2, 0) is 9.59 Å². The number of alkyl halides is 3. The predicted molar refractivity (Wildman–Crippen MR) is 71.6 cm³/mol. The van der Waals surface area contributed by atoms with Crippen molar-refractivity contribution >= 4 is 29.3 Å². The fraction of sp³-hybridized carbons (Fsp3) is 0.333. The minimum absolute atomic E-state index is 0.0247. The van der Waals surface area contributed by atoms with E-state index in [1.807, 2.05) is 0 Å². The van der Waals surface area contributed by atoms with Crippen molar-refractivity contribution in [3.05, 3.63) is 24.3 Å². The maximum absolute atomic E-state index is 12.0. The Hall–Kier alpha value is -1.90. The van der Waals surface area contributed by atoms with Gasteiger partial charge in [0.25, 0.3) is 0 Å². The fourth-order valence-electron chi connectivity index (χ4n) is 1.26. The smallest absolute Gasteiger partial charge is 0.422 e. The highest BCUT2D eigenvalue weighted by atomic mass is 32.2. The highest BCUT2D eigenvalue weighted by molar-refractivity contribution is 8.00. The van der Waals surface area contributed by atoms with E-state index >= 15 is 0 Å². The molecule has 2 N–H and O–H groups in total. The van der Waals surface area contributed by atoms with E-state index in [1.165, 1.54) is 24.3 Å². The number of halogens is 3. The van der Waals surface area contributed by atoms with E-state index in [0.29, 0.717) is 0 Å². The molecule has 1 aromatic rings. The van der Waals surface area contributed by atoms with Gasteiger partial charge in [-0.2, -0.15) is 13.2 Å². The molecule has 0 bridgehead atoms. The molecule has 116 valence electrons. The van der Waals surface area contributed by atoms with Gasteiger partial charge in [0.2, 0.25) is 5.91 Å². The lowest BCUT2D eigenvalue weighted by atomic mass is 10.3. The molecule has 1 rings (SSSR count). The highest BCUT2D eigenvalue weighted by Gasteiger charge is 2.28. The number of rotatable bonds is 7. The third-order valence-corrected chi connectivity index (χ3v) is 2.90. The molecule has 0 radical (unpaired) electrons. The van der Waals surface area contributed by atoms with Crippen molar-refractivity contribution in [2.75, 3.05) is 23.4 Å². The zero-order valence-electron chi connectivity index (χ0n) is 10.6. The molecule has 0 aromatic heterocycles. The quantitative estimate of drug-likeness (QED) is 0.806. The van der Waals surface area contributed by atoms with E-state index in [1.54, 1.807) is 0 Å². The molecule has 0 saturated carbocycles. The molecule has 0 atom stereocenters. The maximum atomic E-state index is 12.0. The maximum Gasteiger partial charge on any atom is 0.422 e. The van der Waals surface area contributed by atoms with Crippen LogP contribution in [0.3, 0.4) is 0 Å². The second kappa shape index (κ2) is 7.77. The Balaban J connectivity index is 2.48. The number of carboxylic acid groups (broad SMARTS) is 1. The molecule has 0 aliphatic heterocycles. The Bertz CT molecular complexity index is 508. The Kier molecular flexibility index (Phi) is 6.35. The number of hydrogen-bond acceptors (Lipinski definition) is 4. The van der Waals surface area contributed by atoms with Crippen LogP contribution in [0.25, 0.3) is 0 Å². The monoisotopic (exact) mass is 323 g/mol. The van der Waals surface area contributed by atoms with Crippen LogP contribution in [0.4, 0.5) is 18.9 Å². The molecule has 0 unspecified atom stereocenters. The van der Waals surface area contributed by atoms with Crippen LogP contribution in [0, 0.1) is 0 Å². The van der Waals surface area contributed by atoms with Gasteiger partial charge in [-0.1, -0.05) is 6.07 Å².